The number of aliphatic hydroxyl groups excluding tert-OH is 1. The van der Waals surface area contributed by atoms with E-state index in [1.807, 2.05) is 0 Å². The molecule has 3 heteroatoms. The number of fused-ring (bicyclic) bond motifs is 1. The zero-order valence-corrected chi connectivity index (χ0v) is 11.6. The van der Waals surface area contributed by atoms with Gasteiger partial charge in [0.15, 0.2) is 0 Å². The minimum atomic E-state index is -0.281. The molecule has 104 valence electrons. The van der Waals surface area contributed by atoms with Crippen molar-refractivity contribution in [3.63, 3.8) is 0 Å². The first-order valence-electron chi connectivity index (χ1n) is 7.36. The number of nitrogens with zero attached hydrogens (tertiary/aromatic N) is 1. The van der Waals surface area contributed by atoms with Gasteiger partial charge in [0.1, 0.15) is 0 Å². The first-order chi connectivity index (χ1) is 9.25. The van der Waals surface area contributed by atoms with Gasteiger partial charge in [-0.2, -0.15) is 0 Å². The number of hydrogen-bond acceptors (Lipinski definition) is 3. The van der Waals surface area contributed by atoms with E-state index in [9.17, 15) is 5.11 Å². The highest BCUT2D eigenvalue weighted by atomic mass is 16.5. The summed E-state index contributed by atoms with van der Waals surface area (Å²) in [7, 11) is 0. The van der Waals surface area contributed by atoms with Crippen LogP contribution in [-0.4, -0.2) is 37.0 Å². The fourth-order valence-electron chi connectivity index (χ4n) is 3.25. The lowest BCUT2D eigenvalue weighted by molar-refractivity contribution is 0.0943. The number of hydrogen-bond donors (Lipinski definition) is 1. The first-order valence-corrected chi connectivity index (χ1v) is 7.36. The van der Waals surface area contributed by atoms with Crippen molar-refractivity contribution in [1.29, 1.82) is 0 Å². The highest BCUT2D eigenvalue weighted by molar-refractivity contribution is 5.56. The molecule has 3 atom stereocenters. The van der Waals surface area contributed by atoms with Gasteiger partial charge in [-0.1, -0.05) is 18.2 Å². The average Bonchev–Trinajstić information content (AvgIpc) is 2.96. The molecule has 2 heterocycles. The molecule has 0 spiro atoms. The van der Waals surface area contributed by atoms with Crippen molar-refractivity contribution >= 4 is 5.69 Å². The minimum absolute atomic E-state index is 0.281. The fraction of sp³-hybridized carbons (Fsp3) is 0.625. The van der Waals surface area contributed by atoms with Crippen molar-refractivity contribution in [3.8, 4) is 0 Å². The van der Waals surface area contributed by atoms with E-state index in [-0.39, 0.29) is 6.10 Å². The van der Waals surface area contributed by atoms with Crippen LogP contribution in [0, 0.1) is 5.92 Å². The summed E-state index contributed by atoms with van der Waals surface area (Å²) < 4.78 is 5.39. The second-order valence-electron chi connectivity index (χ2n) is 5.86. The summed E-state index contributed by atoms with van der Waals surface area (Å²) in [5, 5.41) is 10.4. The molecule has 1 aromatic carbocycles. The van der Waals surface area contributed by atoms with E-state index in [1.165, 1.54) is 17.7 Å². The Morgan fingerprint density at radius 1 is 1.37 bits per heavy atom. The number of para-hydroxylation sites is 1. The van der Waals surface area contributed by atoms with Crippen LogP contribution in [0.25, 0.3) is 0 Å². The van der Waals surface area contributed by atoms with Crippen molar-refractivity contribution < 1.29 is 9.84 Å². The lowest BCUT2D eigenvalue weighted by Crippen LogP contribution is -2.44. The molecule has 2 aliphatic heterocycles. The molecule has 3 rings (SSSR count). The smallest absolute Gasteiger partial charge is 0.0766 e. The maximum atomic E-state index is 10.4. The third-order valence-corrected chi connectivity index (χ3v) is 4.56. The van der Waals surface area contributed by atoms with Crippen LogP contribution in [0.4, 0.5) is 5.69 Å². The molecule has 19 heavy (non-hydrogen) atoms. The fourth-order valence-corrected chi connectivity index (χ4v) is 3.25. The van der Waals surface area contributed by atoms with Gasteiger partial charge in [0, 0.05) is 30.8 Å². The van der Waals surface area contributed by atoms with Gasteiger partial charge >= 0.3 is 0 Å². The van der Waals surface area contributed by atoms with Crippen molar-refractivity contribution in [2.45, 2.75) is 38.3 Å². The Kier molecular flexibility index (Phi) is 3.76. The number of benzene rings is 1. The van der Waals surface area contributed by atoms with Crippen LogP contribution >= 0.6 is 0 Å². The van der Waals surface area contributed by atoms with Gasteiger partial charge in [0.25, 0.3) is 0 Å². The van der Waals surface area contributed by atoms with Gasteiger partial charge in [-0.3, -0.25) is 0 Å². The Bertz CT molecular complexity index is 429. The van der Waals surface area contributed by atoms with E-state index in [4.69, 9.17) is 4.74 Å². The van der Waals surface area contributed by atoms with Gasteiger partial charge in [-0.15, -0.1) is 0 Å². The Morgan fingerprint density at radius 3 is 3.00 bits per heavy atom. The average molecular weight is 261 g/mol. The van der Waals surface area contributed by atoms with Gasteiger partial charge in [0.2, 0.25) is 0 Å². The first kappa shape index (κ1) is 12.9. The van der Waals surface area contributed by atoms with Crippen LogP contribution in [0.5, 0.6) is 0 Å². The number of ether oxygens (including phenoxy) is 1. The van der Waals surface area contributed by atoms with E-state index in [1.54, 1.807) is 0 Å². The maximum Gasteiger partial charge on any atom is 0.0766 e. The second kappa shape index (κ2) is 5.51. The number of aryl methyl sites for hydroxylation is 1. The third-order valence-electron chi connectivity index (χ3n) is 4.56. The van der Waals surface area contributed by atoms with E-state index >= 15 is 0 Å². The molecule has 1 fully saturated rings. The molecule has 0 radical (unpaired) electrons. The third kappa shape index (κ3) is 2.63. The number of anilines is 1. The van der Waals surface area contributed by atoms with E-state index < -0.39 is 0 Å². The van der Waals surface area contributed by atoms with Crippen LogP contribution in [0.15, 0.2) is 24.3 Å². The largest absolute Gasteiger partial charge is 0.391 e. The van der Waals surface area contributed by atoms with Gasteiger partial charge in [0.05, 0.1) is 12.7 Å². The normalized spacial score (nSPS) is 28.2. The highest BCUT2D eigenvalue weighted by Gasteiger charge is 2.29. The van der Waals surface area contributed by atoms with E-state index in [0.717, 1.165) is 26.0 Å². The molecule has 0 amide bonds. The van der Waals surface area contributed by atoms with Crippen LogP contribution in [0.1, 0.15) is 25.3 Å². The second-order valence-corrected chi connectivity index (χ2v) is 5.86. The minimum Gasteiger partial charge on any atom is -0.391 e. The van der Waals surface area contributed by atoms with Crippen LogP contribution in [0.3, 0.4) is 0 Å². The Hall–Kier alpha value is -1.06. The van der Waals surface area contributed by atoms with E-state index in [2.05, 4.69) is 36.1 Å². The monoisotopic (exact) mass is 261 g/mol. The molecule has 3 nitrogen and oxygen atoms in total. The number of aliphatic hydroxyl groups is 1. The molecule has 0 aromatic heterocycles. The summed E-state index contributed by atoms with van der Waals surface area (Å²) in [6.07, 6.45) is 3.03. The molecular formula is C16H23NO2. The Morgan fingerprint density at radius 2 is 2.21 bits per heavy atom. The zero-order valence-electron chi connectivity index (χ0n) is 11.6. The maximum absolute atomic E-state index is 10.4. The van der Waals surface area contributed by atoms with Gasteiger partial charge in [-0.25, -0.2) is 0 Å². The summed E-state index contributed by atoms with van der Waals surface area (Å²) in [5.74, 6) is 0.307. The van der Waals surface area contributed by atoms with Crippen molar-refractivity contribution in [3.05, 3.63) is 29.8 Å². The van der Waals surface area contributed by atoms with Crippen molar-refractivity contribution in [1.82, 2.24) is 0 Å². The molecule has 0 saturated carbocycles. The predicted octanol–water partition coefficient (Wildman–Crippen LogP) is 2.23. The van der Waals surface area contributed by atoms with Crippen molar-refractivity contribution in [2.24, 2.45) is 5.92 Å². The van der Waals surface area contributed by atoms with Crippen LogP contribution < -0.4 is 4.90 Å². The van der Waals surface area contributed by atoms with Crippen LogP contribution in [-0.2, 0) is 11.2 Å². The SMILES string of the molecule is CC1CCc2ccccc2N1CC(O)C1CCOC1. The lowest BCUT2D eigenvalue weighted by Gasteiger charge is -2.39. The van der Waals surface area contributed by atoms with E-state index in [0.29, 0.717) is 18.6 Å². The summed E-state index contributed by atoms with van der Waals surface area (Å²) in [4.78, 5) is 2.38. The summed E-state index contributed by atoms with van der Waals surface area (Å²) >= 11 is 0. The quantitative estimate of drug-likeness (QED) is 0.905. The van der Waals surface area contributed by atoms with Gasteiger partial charge in [-0.05, 0) is 37.8 Å². The zero-order chi connectivity index (χ0) is 13.2. The van der Waals surface area contributed by atoms with Crippen LogP contribution in [0.2, 0.25) is 0 Å². The molecule has 0 aliphatic carbocycles. The Labute approximate surface area is 115 Å². The molecule has 1 N–H and O–H groups in total. The summed E-state index contributed by atoms with van der Waals surface area (Å²) in [6.45, 7) is 4.50. The van der Waals surface area contributed by atoms with Crippen molar-refractivity contribution in [2.75, 3.05) is 24.7 Å². The molecule has 1 aromatic rings. The molecule has 2 aliphatic rings. The molecular weight excluding hydrogens is 238 g/mol. The number of β-amino-alcohol motifs (C(OH)–C–C–N with tert-alkyl or cyclic N) is 1. The summed E-state index contributed by atoms with van der Waals surface area (Å²) in [5.41, 5.74) is 2.72. The predicted molar refractivity (Wildman–Crippen MR) is 76.5 cm³/mol. The topological polar surface area (TPSA) is 32.7 Å². The lowest BCUT2D eigenvalue weighted by atomic mass is 9.94. The van der Waals surface area contributed by atoms with Gasteiger partial charge < -0.3 is 14.7 Å². The highest BCUT2D eigenvalue weighted by Crippen LogP contribution is 2.31. The molecule has 1 saturated heterocycles. The number of rotatable bonds is 3. The molecule has 0 bridgehead atoms. The summed E-state index contributed by atoms with van der Waals surface area (Å²) in [6, 6.07) is 9.09. The Balaban J connectivity index is 1.75. The molecule has 3 unspecified atom stereocenters. The standard InChI is InChI=1S/C16H23NO2/c1-12-6-7-13-4-2-3-5-15(13)17(12)10-16(18)14-8-9-19-11-14/h2-5,12,14,16,18H,6-11H2,1H3.